The molecule has 2 nitrogen and oxygen atoms in total. The zero-order valence-corrected chi connectivity index (χ0v) is 9.63. The van der Waals surface area contributed by atoms with Crippen LogP contribution in [0.5, 0.6) is 5.75 Å². The predicted molar refractivity (Wildman–Crippen MR) is 60.7 cm³/mol. The van der Waals surface area contributed by atoms with Crippen molar-refractivity contribution in [2.24, 2.45) is 0 Å². The predicted octanol–water partition coefficient (Wildman–Crippen LogP) is 3.31. The molecule has 2 rings (SSSR count). The Morgan fingerprint density at radius 1 is 1.43 bits per heavy atom. The highest BCUT2D eigenvalue weighted by molar-refractivity contribution is 9.10. The number of hydrogen-bond acceptors (Lipinski definition) is 2. The highest BCUT2D eigenvalue weighted by Gasteiger charge is 2.09. The van der Waals surface area contributed by atoms with E-state index >= 15 is 0 Å². The normalized spacial score (nSPS) is 10.5. The van der Waals surface area contributed by atoms with E-state index in [4.69, 9.17) is 4.74 Å². The van der Waals surface area contributed by atoms with Crippen LogP contribution in [0.25, 0.3) is 10.9 Å². The number of aryl methyl sites for hydroxylation is 1. The molecule has 0 saturated carbocycles. The van der Waals surface area contributed by atoms with Crippen LogP contribution >= 0.6 is 15.9 Å². The second-order valence-electron chi connectivity index (χ2n) is 3.12. The molecule has 0 aliphatic rings. The molecule has 1 aromatic carbocycles. The van der Waals surface area contributed by atoms with Gasteiger partial charge in [-0.05, 0) is 40.5 Å². The third-order valence-corrected chi connectivity index (χ3v) is 2.92. The van der Waals surface area contributed by atoms with Gasteiger partial charge in [-0.2, -0.15) is 0 Å². The van der Waals surface area contributed by atoms with Gasteiger partial charge in [0.05, 0.1) is 17.1 Å². The van der Waals surface area contributed by atoms with Crippen LogP contribution in [-0.4, -0.2) is 12.1 Å². The van der Waals surface area contributed by atoms with Crippen molar-refractivity contribution in [3.8, 4) is 5.75 Å². The Kier molecular flexibility index (Phi) is 2.42. The van der Waals surface area contributed by atoms with Gasteiger partial charge >= 0.3 is 0 Å². The van der Waals surface area contributed by atoms with Gasteiger partial charge < -0.3 is 4.74 Å². The van der Waals surface area contributed by atoms with Crippen LogP contribution < -0.4 is 4.74 Å². The van der Waals surface area contributed by atoms with Crippen molar-refractivity contribution < 1.29 is 4.74 Å². The van der Waals surface area contributed by atoms with E-state index in [1.165, 1.54) is 0 Å². The Morgan fingerprint density at radius 3 is 2.93 bits per heavy atom. The van der Waals surface area contributed by atoms with Gasteiger partial charge in [0.15, 0.2) is 0 Å². The lowest BCUT2D eigenvalue weighted by Gasteiger charge is -2.09. The molecule has 0 aliphatic heterocycles. The first-order valence-corrected chi connectivity index (χ1v) is 5.11. The maximum Gasteiger partial charge on any atom is 0.138 e. The van der Waals surface area contributed by atoms with Gasteiger partial charge in [0, 0.05) is 11.6 Å². The summed E-state index contributed by atoms with van der Waals surface area (Å²) in [6.07, 6.45) is 1.78. The minimum atomic E-state index is 0.858. The summed E-state index contributed by atoms with van der Waals surface area (Å²) in [5.41, 5.74) is 2.05. The molecule has 2 aromatic rings. The summed E-state index contributed by atoms with van der Waals surface area (Å²) in [5.74, 6) is 0.858. The fourth-order valence-corrected chi connectivity index (χ4v) is 2.35. The maximum absolute atomic E-state index is 5.30. The second kappa shape index (κ2) is 3.58. The SMILES string of the molecule is COc1c(C)cc2cccnc2c1Br. The fraction of sp³-hybridized carbons (Fsp3) is 0.182. The van der Waals surface area contributed by atoms with E-state index in [2.05, 4.69) is 27.0 Å². The lowest BCUT2D eigenvalue weighted by molar-refractivity contribution is 0.409. The second-order valence-corrected chi connectivity index (χ2v) is 3.91. The van der Waals surface area contributed by atoms with Gasteiger partial charge in [0.2, 0.25) is 0 Å². The molecule has 0 unspecified atom stereocenters. The molecular weight excluding hydrogens is 242 g/mol. The molecule has 3 heteroatoms. The van der Waals surface area contributed by atoms with Crippen molar-refractivity contribution in [2.45, 2.75) is 6.92 Å². The Labute approximate surface area is 91.0 Å². The van der Waals surface area contributed by atoms with E-state index in [0.717, 1.165) is 26.7 Å². The summed E-state index contributed by atoms with van der Waals surface area (Å²) < 4.78 is 6.22. The van der Waals surface area contributed by atoms with E-state index in [9.17, 15) is 0 Å². The first-order chi connectivity index (χ1) is 6.74. The lowest BCUT2D eigenvalue weighted by Crippen LogP contribution is -1.91. The monoisotopic (exact) mass is 251 g/mol. The van der Waals surface area contributed by atoms with E-state index in [1.54, 1.807) is 13.3 Å². The number of pyridine rings is 1. The Balaban J connectivity index is 2.86. The third kappa shape index (κ3) is 1.38. The first-order valence-electron chi connectivity index (χ1n) is 4.32. The number of aromatic nitrogens is 1. The standard InChI is InChI=1S/C11H10BrNO/c1-7-6-8-4-3-5-13-10(8)9(12)11(7)14-2/h3-6H,1-2H3. The number of ether oxygens (including phenoxy) is 1. The Morgan fingerprint density at radius 2 is 2.21 bits per heavy atom. The molecule has 0 aliphatic carbocycles. The molecule has 0 saturated heterocycles. The number of methoxy groups -OCH3 is 1. The van der Waals surface area contributed by atoms with E-state index in [0.29, 0.717) is 0 Å². The quantitative estimate of drug-likeness (QED) is 0.776. The average Bonchev–Trinajstić information content (AvgIpc) is 2.18. The van der Waals surface area contributed by atoms with Crippen LogP contribution in [0.1, 0.15) is 5.56 Å². The van der Waals surface area contributed by atoms with Gasteiger partial charge in [-0.3, -0.25) is 4.98 Å². The Hall–Kier alpha value is -1.09. The molecule has 0 atom stereocenters. The minimum Gasteiger partial charge on any atom is -0.495 e. The number of hydrogen-bond donors (Lipinski definition) is 0. The molecular formula is C11H10BrNO. The summed E-state index contributed by atoms with van der Waals surface area (Å²) in [5, 5.41) is 1.12. The number of halogens is 1. The number of rotatable bonds is 1. The van der Waals surface area contributed by atoms with E-state index in [1.807, 2.05) is 19.1 Å². The van der Waals surface area contributed by atoms with Crippen LogP contribution in [0.15, 0.2) is 28.9 Å². The molecule has 0 spiro atoms. The molecule has 0 radical (unpaired) electrons. The highest BCUT2D eigenvalue weighted by Crippen LogP contribution is 2.34. The number of nitrogens with zero attached hydrogens (tertiary/aromatic N) is 1. The topological polar surface area (TPSA) is 22.1 Å². The lowest BCUT2D eigenvalue weighted by atomic mass is 10.1. The highest BCUT2D eigenvalue weighted by atomic mass is 79.9. The largest absolute Gasteiger partial charge is 0.495 e. The molecule has 0 N–H and O–H groups in total. The van der Waals surface area contributed by atoms with Crippen LogP contribution in [0.4, 0.5) is 0 Å². The number of benzene rings is 1. The van der Waals surface area contributed by atoms with Crippen LogP contribution in [0.2, 0.25) is 0 Å². The average molecular weight is 252 g/mol. The van der Waals surface area contributed by atoms with Crippen molar-refractivity contribution in [1.82, 2.24) is 4.98 Å². The molecule has 1 heterocycles. The fourth-order valence-electron chi connectivity index (χ4n) is 1.55. The molecule has 72 valence electrons. The summed E-state index contributed by atoms with van der Waals surface area (Å²) in [6, 6.07) is 6.05. The van der Waals surface area contributed by atoms with Crippen LogP contribution in [0.3, 0.4) is 0 Å². The van der Waals surface area contributed by atoms with E-state index in [-0.39, 0.29) is 0 Å². The summed E-state index contributed by atoms with van der Waals surface area (Å²) in [4.78, 5) is 4.30. The van der Waals surface area contributed by atoms with Crippen molar-refractivity contribution >= 4 is 26.8 Å². The van der Waals surface area contributed by atoms with Crippen LogP contribution in [0, 0.1) is 6.92 Å². The molecule has 14 heavy (non-hydrogen) atoms. The van der Waals surface area contributed by atoms with Crippen molar-refractivity contribution in [1.29, 1.82) is 0 Å². The molecule has 1 aromatic heterocycles. The summed E-state index contributed by atoms with van der Waals surface area (Å²) in [6.45, 7) is 2.02. The van der Waals surface area contributed by atoms with Crippen molar-refractivity contribution in [3.05, 3.63) is 34.4 Å². The third-order valence-electron chi connectivity index (χ3n) is 2.18. The summed E-state index contributed by atoms with van der Waals surface area (Å²) in [7, 11) is 1.67. The van der Waals surface area contributed by atoms with Gasteiger partial charge in [0.1, 0.15) is 5.75 Å². The first kappa shape index (κ1) is 9.46. The van der Waals surface area contributed by atoms with Crippen molar-refractivity contribution in [2.75, 3.05) is 7.11 Å². The Bertz CT molecular complexity index is 482. The molecule has 0 fully saturated rings. The minimum absolute atomic E-state index is 0.858. The summed E-state index contributed by atoms with van der Waals surface area (Å²) >= 11 is 3.51. The van der Waals surface area contributed by atoms with Gasteiger partial charge in [0.25, 0.3) is 0 Å². The zero-order chi connectivity index (χ0) is 10.1. The number of fused-ring (bicyclic) bond motifs is 1. The zero-order valence-electron chi connectivity index (χ0n) is 8.04. The van der Waals surface area contributed by atoms with Gasteiger partial charge in [-0.25, -0.2) is 0 Å². The smallest absolute Gasteiger partial charge is 0.138 e. The van der Waals surface area contributed by atoms with Crippen molar-refractivity contribution in [3.63, 3.8) is 0 Å². The van der Waals surface area contributed by atoms with Gasteiger partial charge in [-0.15, -0.1) is 0 Å². The van der Waals surface area contributed by atoms with E-state index < -0.39 is 0 Å². The molecule has 0 bridgehead atoms. The van der Waals surface area contributed by atoms with Gasteiger partial charge in [-0.1, -0.05) is 6.07 Å². The molecule has 0 amide bonds. The maximum atomic E-state index is 5.30. The van der Waals surface area contributed by atoms with Crippen LogP contribution in [-0.2, 0) is 0 Å².